The van der Waals surface area contributed by atoms with Crippen LogP contribution in [-0.2, 0) is 4.74 Å². The summed E-state index contributed by atoms with van der Waals surface area (Å²) in [5.74, 6) is 0.370. The first-order valence-corrected chi connectivity index (χ1v) is 8.24. The van der Waals surface area contributed by atoms with Crippen molar-refractivity contribution in [2.45, 2.75) is 70.6 Å². The third-order valence-electron chi connectivity index (χ3n) is 4.43. The molecule has 1 amide bonds. The number of rotatable bonds is 3. The van der Waals surface area contributed by atoms with Crippen LogP contribution >= 0.6 is 0 Å². The molecule has 1 saturated heterocycles. The molecule has 1 aliphatic heterocycles. The maximum absolute atomic E-state index is 12.1. The van der Waals surface area contributed by atoms with Crippen molar-refractivity contribution in [3.05, 3.63) is 0 Å². The van der Waals surface area contributed by atoms with Crippen LogP contribution in [0.5, 0.6) is 0 Å². The molecule has 3 atom stereocenters. The summed E-state index contributed by atoms with van der Waals surface area (Å²) < 4.78 is 5.42. The standard InChI is InChI=1S/C16H30N2O3/c1-16(2,3)21-15(20)18-9-8-13(10-18)17-14-7-5-4-6-12(14)11-19/h12-14,17,19H,4-11H2,1-3H3/t12-,13-,14+/m0/s1. The van der Waals surface area contributed by atoms with Crippen LogP contribution in [0.4, 0.5) is 4.79 Å². The molecular weight excluding hydrogens is 268 g/mol. The second-order valence-corrected chi connectivity index (χ2v) is 7.41. The Morgan fingerprint density at radius 2 is 2.00 bits per heavy atom. The molecule has 0 aromatic rings. The summed E-state index contributed by atoms with van der Waals surface area (Å²) in [7, 11) is 0. The molecule has 122 valence electrons. The third kappa shape index (κ3) is 4.85. The van der Waals surface area contributed by atoms with Crippen LogP contribution in [0.25, 0.3) is 0 Å². The molecule has 1 heterocycles. The van der Waals surface area contributed by atoms with Crippen molar-refractivity contribution < 1.29 is 14.6 Å². The Bertz CT molecular complexity index is 354. The summed E-state index contributed by atoms with van der Waals surface area (Å²) in [5, 5.41) is 13.1. The van der Waals surface area contributed by atoms with E-state index in [1.54, 1.807) is 4.90 Å². The molecule has 0 radical (unpaired) electrons. The van der Waals surface area contributed by atoms with E-state index >= 15 is 0 Å². The molecule has 1 saturated carbocycles. The van der Waals surface area contributed by atoms with E-state index in [0.29, 0.717) is 24.5 Å². The van der Waals surface area contributed by atoms with Gasteiger partial charge in [0.1, 0.15) is 5.60 Å². The van der Waals surface area contributed by atoms with E-state index in [2.05, 4.69) is 5.32 Å². The maximum atomic E-state index is 12.1. The molecule has 0 unspecified atom stereocenters. The lowest BCUT2D eigenvalue weighted by molar-refractivity contribution is 0.0288. The normalized spacial score (nSPS) is 30.5. The predicted molar refractivity (Wildman–Crippen MR) is 82.2 cm³/mol. The van der Waals surface area contributed by atoms with E-state index in [-0.39, 0.29) is 12.7 Å². The molecule has 1 aliphatic carbocycles. The fourth-order valence-electron chi connectivity index (χ4n) is 3.34. The van der Waals surface area contributed by atoms with Crippen LogP contribution in [0, 0.1) is 5.92 Å². The molecule has 2 N–H and O–H groups in total. The quantitative estimate of drug-likeness (QED) is 0.838. The monoisotopic (exact) mass is 298 g/mol. The third-order valence-corrected chi connectivity index (χ3v) is 4.43. The van der Waals surface area contributed by atoms with Gasteiger partial charge in [-0.1, -0.05) is 12.8 Å². The van der Waals surface area contributed by atoms with Gasteiger partial charge in [0.15, 0.2) is 0 Å². The van der Waals surface area contributed by atoms with Crippen molar-refractivity contribution in [2.75, 3.05) is 19.7 Å². The average molecular weight is 298 g/mol. The summed E-state index contributed by atoms with van der Waals surface area (Å²) in [6.07, 6.45) is 5.45. The Morgan fingerprint density at radius 3 is 2.67 bits per heavy atom. The Labute approximate surface area is 128 Å². The van der Waals surface area contributed by atoms with Crippen molar-refractivity contribution in [1.29, 1.82) is 0 Å². The Balaban J connectivity index is 1.80. The highest BCUT2D eigenvalue weighted by molar-refractivity contribution is 5.68. The van der Waals surface area contributed by atoms with E-state index in [4.69, 9.17) is 4.74 Å². The second-order valence-electron chi connectivity index (χ2n) is 7.41. The van der Waals surface area contributed by atoms with Gasteiger partial charge in [-0.2, -0.15) is 0 Å². The molecule has 0 bridgehead atoms. The van der Waals surface area contributed by atoms with Crippen LogP contribution in [0.1, 0.15) is 52.9 Å². The predicted octanol–water partition coefficient (Wildman–Crippen LogP) is 2.14. The number of nitrogens with zero attached hydrogens (tertiary/aromatic N) is 1. The summed E-state index contributed by atoms with van der Waals surface area (Å²) in [5.41, 5.74) is -0.437. The second kappa shape index (κ2) is 6.97. The molecule has 0 aromatic carbocycles. The zero-order chi connectivity index (χ0) is 15.5. The number of hydrogen-bond donors (Lipinski definition) is 2. The minimum Gasteiger partial charge on any atom is -0.444 e. The highest BCUT2D eigenvalue weighted by atomic mass is 16.6. The SMILES string of the molecule is CC(C)(C)OC(=O)N1CC[C@H](N[C@@H]2CCCC[C@H]2CO)C1. The number of aliphatic hydroxyl groups is 1. The van der Waals surface area contributed by atoms with Gasteiger partial charge in [-0.25, -0.2) is 4.79 Å². The number of nitrogens with one attached hydrogen (secondary N) is 1. The van der Waals surface area contributed by atoms with Crippen LogP contribution in [0.2, 0.25) is 0 Å². The van der Waals surface area contributed by atoms with Gasteiger partial charge in [0.2, 0.25) is 0 Å². The van der Waals surface area contributed by atoms with Gasteiger partial charge in [0.25, 0.3) is 0 Å². The number of ether oxygens (including phenoxy) is 1. The van der Waals surface area contributed by atoms with Gasteiger partial charge in [-0.3, -0.25) is 0 Å². The number of amides is 1. The number of aliphatic hydroxyl groups excluding tert-OH is 1. The number of hydrogen-bond acceptors (Lipinski definition) is 4. The van der Waals surface area contributed by atoms with Crippen LogP contribution in [0.15, 0.2) is 0 Å². The fraction of sp³-hybridized carbons (Fsp3) is 0.938. The molecule has 0 spiro atoms. The van der Waals surface area contributed by atoms with E-state index < -0.39 is 5.60 Å². The number of likely N-dealkylation sites (tertiary alicyclic amines) is 1. The lowest BCUT2D eigenvalue weighted by atomic mass is 9.84. The van der Waals surface area contributed by atoms with E-state index in [1.807, 2.05) is 20.8 Å². The molecule has 2 rings (SSSR count). The number of carbonyl (C=O) groups excluding carboxylic acids is 1. The molecule has 5 nitrogen and oxygen atoms in total. The summed E-state index contributed by atoms with van der Waals surface area (Å²) in [6, 6.07) is 0.724. The molecule has 2 fully saturated rings. The summed E-state index contributed by atoms with van der Waals surface area (Å²) >= 11 is 0. The van der Waals surface area contributed by atoms with Crippen LogP contribution in [-0.4, -0.2) is 53.5 Å². The first kappa shape index (κ1) is 16.6. The summed E-state index contributed by atoms with van der Waals surface area (Å²) in [4.78, 5) is 13.8. The van der Waals surface area contributed by atoms with E-state index in [1.165, 1.54) is 12.8 Å². The largest absolute Gasteiger partial charge is 0.444 e. The van der Waals surface area contributed by atoms with Crippen LogP contribution < -0.4 is 5.32 Å². The lowest BCUT2D eigenvalue weighted by Crippen LogP contribution is -2.47. The molecule has 2 aliphatic rings. The van der Waals surface area contributed by atoms with E-state index in [9.17, 15) is 9.90 Å². The zero-order valence-electron chi connectivity index (χ0n) is 13.6. The van der Waals surface area contributed by atoms with Crippen molar-refractivity contribution in [3.63, 3.8) is 0 Å². The van der Waals surface area contributed by atoms with Gasteiger partial charge in [-0.05, 0) is 46.0 Å². The topological polar surface area (TPSA) is 61.8 Å². The van der Waals surface area contributed by atoms with Crippen molar-refractivity contribution in [1.82, 2.24) is 10.2 Å². The van der Waals surface area contributed by atoms with Gasteiger partial charge in [-0.15, -0.1) is 0 Å². The number of carbonyl (C=O) groups is 1. The zero-order valence-corrected chi connectivity index (χ0v) is 13.6. The van der Waals surface area contributed by atoms with Gasteiger partial charge in [0, 0.05) is 31.8 Å². The Morgan fingerprint density at radius 1 is 1.29 bits per heavy atom. The smallest absolute Gasteiger partial charge is 0.410 e. The maximum Gasteiger partial charge on any atom is 0.410 e. The van der Waals surface area contributed by atoms with Crippen molar-refractivity contribution >= 4 is 6.09 Å². The van der Waals surface area contributed by atoms with Gasteiger partial charge >= 0.3 is 6.09 Å². The first-order valence-electron chi connectivity index (χ1n) is 8.24. The molecule has 0 aromatic heterocycles. The molecule has 21 heavy (non-hydrogen) atoms. The fourth-order valence-corrected chi connectivity index (χ4v) is 3.34. The minimum absolute atomic E-state index is 0.214. The van der Waals surface area contributed by atoms with Crippen molar-refractivity contribution in [2.24, 2.45) is 5.92 Å². The minimum atomic E-state index is -0.437. The van der Waals surface area contributed by atoms with Gasteiger partial charge in [0.05, 0.1) is 0 Å². The van der Waals surface area contributed by atoms with Crippen LogP contribution in [0.3, 0.4) is 0 Å². The average Bonchev–Trinajstić information content (AvgIpc) is 2.86. The molecular formula is C16H30N2O3. The first-order chi connectivity index (χ1) is 9.89. The molecule has 5 heteroatoms. The van der Waals surface area contributed by atoms with Gasteiger partial charge < -0.3 is 20.1 Å². The Kier molecular flexibility index (Phi) is 5.49. The van der Waals surface area contributed by atoms with E-state index in [0.717, 1.165) is 25.8 Å². The summed E-state index contributed by atoms with van der Waals surface area (Å²) in [6.45, 7) is 7.41. The Hall–Kier alpha value is -0.810. The highest BCUT2D eigenvalue weighted by Crippen LogP contribution is 2.25. The van der Waals surface area contributed by atoms with Crippen molar-refractivity contribution in [3.8, 4) is 0 Å². The highest BCUT2D eigenvalue weighted by Gasteiger charge is 2.33. The lowest BCUT2D eigenvalue weighted by Gasteiger charge is -2.33.